The van der Waals surface area contributed by atoms with Crippen LogP contribution in [0.25, 0.3) is 11.1 Å². The van der Waals surface area contributed by atoms with Gasteiger partial charge in [0.25, 0.3) is 0 Å². The van der Waals surface area contributed by atoms with E-state index in [9.17, 15) is 4.79 Å². The van der Waals surface area contributed by atoms with Gasteiger partial charge < -0.3 is 9.88 Å². The molecule has 34 heavy (non-hydrogen) atoms. The van der Waals surface area contributed by atoms with Crippen molar-refractivity contribution in [2.24, 2.45) is 5.92 Å². The van der Waals surface area contributed by atoms with Crippen LogP contribution in [0.4, 0.5) is 0 Å². The maximum Gasteiger partial charge on any atom is 0.226 e. The number of hydrogen-bond donors (Lipinski definition) is 1. The van der Waals surface area contributed by atoms with E-state index in [2.05, 4.69) is 46.1 Å². The average Bonchev–Trinajstić information content (AvgIpc) is 3.46. The van der Waals surface area contributed by atoms with Crippen LogP contribution in [0.1, 0.15) is 55.1 Å². The van der Waals surface area contributed by atoms with Crippen molar-refractivity contribution in [3.63, 3.8) is 0 Å². The molecule has 0 radical (unpaired) electrons. The molecule has 0 bridgehead atoms. The summed E-state index contributed by atoms with van der Waals surface area (Å²) in [6.07, 6.45) is 9.47. The SMILES string of the molecule is CCCCc1ccc(-c2cc(Cl)c(CC3CCN(C4CCc5[nH]cnc5C4)C3=O)c(Cl)c2)cc1. The number of imidazole rings is 1. The summed E-state index contributed by atoms with van der Waals surface area (Å²) in [5, 5.41) is 1.28. The van der Waals surface area contributed by atoms with Crippen molar-refractivity contribution in [1.82, 2.24) is 14.9 Å². The molecule has 1 fully saturated rings. The van der Waals surface area contributed by atoms with Crippen LogP contribution in [0.15, 0.2) is 42.7 Å². The maximum atomic E-state index is 13.3. The predicted octanol–water partition coefficient (Wildman–Crippen LogP) is 6.67. The molecule has 2 aliphatic rings. The Kier molecular flexibility index (Phi) is 6.99. The van der Waals surface area contributed by atoms with Gasteiger partial charge in [-0.3, -0.25) is 4.79 Å². The second-order valence-electron chi connectivity index (χ2n) is 9.66. The van der Waals surface area contributed by atoms with Gasteiger partial charge in [-0.25, -0.2) is 4.98 Å². The lowest BCUT2D eigenvalue weighted by Gasteiger charge is -2.31. The molecule has 2 heterocycles. The summed E-state index contributed by atoms with van der Waals surface area (Å²) in [6.45, 7) is 3.01. The number of carbonyl (C=O) groups excluding carboxylic acids is 1. The first kappa shape index (κ1) is 23.4. The van der Waals surface area contributed by atoms with Crippen molar-refractivity contribution in [2.75, 3.05) is 6.54 Å². The van der Waals surface area contributed by atoms with Crippen molar-refractivity contribution >= 4 is 29.1 Å². The Bertz CT molecular complexity index is 1150. The average molecular weight is 496 g/mol. The largest absolute Gasteiger partial charge is 0.348 e. The predicted molar refractivity (Wildman–Crippen MR) is 138 cm³/mol. The van der Waals surface area contributed by atoms with E-state index < -0.39 is 0 Å². The number of H-pyrrole nitrogens is 1. The summed E-state index contributed by atoms with van der Waals surface area (Å²) in [4.78, 5) is 23.0. The van der Waals surface area contributed by atoms with Gasteiger partial charge in [0.15, 0.2) is 0 Å². The second kappa shape index (κ2) is 10.1. The van der Waals surface area contributed by atoms with Gasteiger partial charge in [-0.15, -0.1) is 0 Å². The number of amides is 1. The molecular formula is C28H31Cl2N3O. The third kappa shape index (κ3) is 4.76. The smallest absolute Gasteiger partial charge is 0.226 e. The monoisotopic (exact) mass is 495 g/mol. The number of nitrogens with zero attached hydrogens (tertiary/aromatic N) is 2. The maximum absolute atomic E-state index is 13.3. The van der Waals surface area contributed by atoms with Crippen LogP contribution in [-0.2, 0) is 30.5 Å². The molecule has 0 spiro atoms. The van der Waals surface area contributed by atoms with Gasteiger partial charge in [-0.2, -0.15) is 0 Å². The summed E-state index contributed by atoms with van der Waals surface area (Å²) >= 11 is 13.4. The molecule has 3 aromatic rings. The minimum Gasteiger partial charge on any atom is -0.348 e. The van der Waals surface area contributed by atoms with E-state index in [-0.39, 0.29) is 17.9 Å². The van der Waals surface area contributed by atoms with E-state index in [0.717, 1.165) is 61.0 Å². The Morgan fingerprint density at radius 2 is 1.85 bits per heavy atom. The number of likely N-dealkylation sites (tertiary alicyclic amines) is 1. The number of halogens is 2. The van der Waals surface area contributed by atoms with Crippen LogP contribution in [0.2, 0.25) is 10.0 Å². The lowest BCUT2D eigenvalue weighted by molar-refractivity contribution is -0.133. The lowest BCUT2D eigenvalue weighted by Crippen LogP contribution is -2.41. The van der Waals surface area contributed by atoms with Crippen molar-refractivity contribution in [3.8, 4) is 11.1 Å². The fourth-order valence-corrected chi connectivity index (χ4v) is 6.06. The number of aromatic nitrogens is 2. The van der Waals surface area contributed by atoms with Gasteiger partial charge in [0.1, 0.15) is 0 Å². The lowest BCUT2D eigenvalue weighted by atomic mass is 9.94. The van der Waals surface area contributed by atoms with E-state index in [4.69, 9.17) is 23.2 Å². The number of hydrogen-bond acceptors (Lipinski definition) is 2. The summed E-state index contributed by atoms with van der Waals surface area (Å²) in [5.74, 6) is 0.155. The first-order valence-electron chi connectivity index (χ1n) is 12.4. The number of fused-ring (bicyclic) bond motifs is 1. The highest BCUT2D eigenvalue weighted by Crippen LogP contribution is 2.36. The molecular weight excluding hydrogens is 465 g/mol. The van der Waals surface area contributed by atoms with Crippen LogP contribution in [0.5, 0.6) is 0 Å². The molecule has 2 aromatic carbocycles. The van der Waals surface area contributed by atoms with Gasteiger partial charge in [-0.05, 0) is 72.9 Å². The van der Waals surface area contributed by atoms with Crippen LogP contribution >= 0.6 is 23.2 Å². The van der Waals surface area contributed by atoms with Crippen LogP contribution < -0.4 is 0 Å². The van der Waals surface area contributed by atoms with Crippen molar-refractivity contribution in [2.45, 2.75) is 64.3 Å². The van der Waals surface area contributed by atoms with Gasteiger partial charge in [0.05, 0.1) is 12.0 Å². The molecule has 1 aliphatic heterocycles. The molecule has 6 heteroatoms. The summed E-state index contributed by atoms with van der Waals surface area (Å²) in [5.41, 5.74) is 6.67. The van der Waals surface area contributed by atoms with Gasteiger partial charge >= 0.3 is 0 Å². The van der Waals surface area contributed by atoms with Gasteiger partial charge in [0.2, 0.25) is 5.91 Å². The summed E-state index contributed by atoms with van der Waals surface area (Å²) < 4.78 is 0. The number of aromatic amines is 1. The van der Waals surface area contributed by atoms with Crippen molar-refractivity contribution in [1.29, 1.82) is 0 Å². The summed E-state index contributed by atoms with van der Waals surface area (Å²) in [7, 11) is 0. The Hall–Kier alpha value is -2.30. The first-order valence-corrected chi connectivity index (χ1v) is 13.2. The molecule has 1 N–H and O–H groups in total. The molecule has 1 saturated heterocycles. The third-order valence-electron chi connectivity index (χ3n) is 7.45. The van der Waals surface area contributed by atoms with Crippen molar-refractivity contribution in [3.05, 3.63) is 75.3 Å². The Morgan fingerprint density at radius 1 is 1.09 bits per heavy atom. The van der Waals surface area contributed by atoms with Crippen LogP contribution in [-0.4, -0.2) is 33.4 Å². The molecule has 4 nitrogen and oxygen atoms in total. The zero-order valence-electron chi connectivity index (χ0n) is 19.6. The van der Waals surface area contributed by atoms with Crippen molar-refractivity contribution < 1.29 is 4.79 Å². The van der Waals surface area contributed by atoms with E-state index in [0.29, 0.717) is 16.5 Å². The first-order chi connectivity index (χ1) is 16.5. The quantitative estimate of drug-likeness (QED) is 0.397. The standard InChI is InChI=1S/C28H31Cl2N3O/c1-2-3-4-18-5-7-19(8-6-18)21-14-24(29)23(25(30)15-21)13-20-11-12-33(28(20)34)22-9-10-26-27(16-22)32-17-31-26/h5-8,14-15,17,20,22H,2-4,9-13,16H2,1H3,(H,31,32). The molecule has 0 saturated carbocycles. The molecule has 5 rings (SSSR count). The number of unbranched alkanes of at least 4 members (excludes halogenated alkanes) is 1. The van der Waals surface area contributed by atoms with E-state index in [1.165, 1.54) is 24.1 Å². The third-order valence-corrected chi connectivity index (χ3v) is 8.13. The Labute approximate surface area is 211 Å². The molecule has 2 atom stereocenters. The summed E-state index contributed by atoms with van der Waals surface area (Å²) in [6, 6.07) is 12.9. The topological polar surface area (TPSA) is 49.0 Å². The molecule has 2 unspecified atom stereocenters. The molecule has 178 valence electrons. The molecule has 1 amide bonds. The number of rotatable bonds is 7. The van der Waals surface area contributed by atoms with Gasteiger partial charge in [-0.1, -0.05) is 60.8 Å². The number of carbonyl (C=O) groups is 1. The Balaban J connectivity index is 1.27. The van der Waals surface area contributed by atoms with E-state index >= 15 is 0 Å². The van der Waals surface area contributed by atoms with E-state index in [1.54, 1.807) is 6.33 Å². The normalized spacial score (nSPS) is 20.1. The minimum absolute atomic E-state index is 0.0701. The zero-order valence-corrected chi connectivity index (χ0v) is 21.1. The number of benzene rings is 2. The highest BCUT2D eigenvalue weighted by Gasteiger charge is 2.38. The van der Waals surface area contributed by atoms with Crippen LogP contribution in [0, 0.1) is 5.92 Å². The number of aryl methyl sites for hydroxylation is 2. The highest BCUT2D eigenvalue weighted by molar-refractivity contribution is 6.36. The highest BCUT2D eigenvalue weighted by atomic mass is 35.5. The fourth-order valence-electron chi connectivity index (χ4n) is 5.41. The molecule has 1 aliphatic carbocycles. The minimum atomic E-state index is -0.0701. The second-order valence-corrected chi connectivity index (χ2v) is 10.5. The fraction of sp³-hybridized carbons (Fsp3) is 0.429. The Morgan fingerprint density at radius 3 is 2.59 bits per heavy atom. The number of nitrogens with one attached hydrogen (secondary N) is 1. The van der Waals surface area contributed by atoms with Gasteiger partial charge in [0, 0.05) is 40.7 Å². The van der Waals surface area contributed by atoms with E-state index in [1.807, 2.05) is 12.1 Å². The molecule has 1 aromatic heterocycles. The zero-order chi connectivity index (χ0) is 23.7. The van der Waals surface area contributed by atoms with Crippen LogP contribution in [0.3, 0.4) is 0 Å².